The number of aliphatic hydroxyl groups excluding tert-OH is 1. The summed E-state index contributed by atoms with van der Waals surface area (Å²) >= 11 is 5.11. The highest BCUT2D eigenvalue weighted by atomic mass is 79.9. The highest BCUT2D eigenvalue weighted by Gasteiger charge is 2.22. The first kappa shape index (κ1) is 14.8. The van der Waals surface area contributed by atoms with Gasteiger partial charge in [0.25, 0.3) is 0 Å². The Bertz CT molecular complexity index is 425. The van der Waals surface area contributed by atoms with Crippen molar-refractivity contribution in [2.45, 2.75) is 31.8 Å². The monoisotopic (exact) mass is 346 g/mol. The van der Waals surface area contributed by atoms with Gasteiger partial charge in [0.2, 0.25) is 0 Å². The van der Waals surface area contributed by atoms with E-state index in [4.69, 9.17) is 0 Å². The van der Waals surface area contributed by atoms with E-state index in [2.05, 4.69) is 32.6 Å². The number of nitrogens with one attached hydrogen (secondary N) is 2. The molecule has 4 nitrogen and oxygen atoms in total. The Kier molecular flexibility index (Phi) is 5.66. The van der Waals surface area contributed by atoms with Crippen LogP contribution in [0.3, 0.4) is 0 Å². The van der Waals surface area contributed by atoms with E-state index in [1.165, 1.54) is 4.88 Å². The maximum Gasteiger partial charge on any atom is 0.314 e. The van der Waals surface area contributed by atoms with Crippen LogP contribution in [-0.4, -0.2) is 30.3 Å². The van der Waals surface area contributed by atoms with E-state index < -0.39 is 0 Å². The number of hydrogen-bond acceptors (Lipinski definition) is 3. The fourth-order valence-electron chi connectivity index (χ4n) is 2.32. The standard InChI is InChI=1S/C13H19BrN2O2S/c14-12-4-3-11(19-12)5-6-15-13(18)16-8-9-1-2-10(17)7-9/h3-4,9-10,17H,1-2,5-8H2,(H2,15,16,18)/t9-,10-/m1/s1. The molecule has 1 aliphatic rings. The SMILES string of the molecule is O=C(NCCc1ccc(Br)s1)NC[C@@H]1CC[C@@H](O)C1. The van der Waals surface area contributed by atoms with Crippen molar-refractivity contribution in [2.75, 3.05) is 13.1 Å². The number of rotatable bonds is 5. The van der Waals surface area contributed by atoms with Crippen molar-refractivity contribution in [3.05, 3.63) is 20.8 Å². The summed E-state index contributed by atoms with van der Waals surface area (Å²) in [5.74, 6) is 0.425. The minimum absolute atomic E-state index is 0.114. The molecule has 106 valence electrons. The van der Waals surface area contributed by atoms with Crippen LogP contribution >= 0.6 is 27.3 Å². The van der Waals surface area contributed by atoms with Gasteiger partial charge in [-0.2, -0.15) is 0 Å². The summed E-state index contributed by atoms with van der Waals surface area (Å²) in [6.45, 7) is 1.31. The molecule has 1 heterocycles. The van der Waals surface area contributed by atoms with Crippen molar-refractivity contribution in [2.24, 2.45) is 5.92 Å². The Morgan fingerprint density at radius 1 is 1.42 bits per heavy atom. The average molecular weight is 347 g/mol. The zero-order valence-electron chi connectivity index (χ0n) is 10.7. The lowest BCUT2D eigenvalue weighted by atomic mass is 10.1. The van der Waals surface area contributed by atoms with E-state index >= 15 is 0 Å². The van der Waals surface area contributed by atoms with Crippen molar-refractivity contribution >= 4 is 33.3 Å². The quantitative estimate of drug-likeness (QED) is 0.767. The van der Waals surface area contributed by atoms with Crippen molar-refractivity contribution in [3.63, 3.8) is 0 Å². The van der Waals surface area contributed by atoms with Gasteiger partial charge in [0.1, 0.15) is 0 Å². The largest absolute Gasteiger partial charge is 0.393 e. The van der Waals surface area contributed by atoms with Crippen LogP contribution in [0.2, 0.25) is 0 Å². The molecule has 2 amide bonds. The van der Waals surface area contributed by atoms with E-state index in [1.54, 1.807) is 11.3 Å². The van der Waals surface area contributed by atoms with Crippen molar-refractivity contribution < 1.29 is 9.90 Å². The Morgan fingerprint density at radius 2 is 2.26 bits per heavy atom. The second-order valence-corrected chi connectivity index (χ2v) is 7.47. The lowest BCUT2D eigenvalue weighted by Crippen LogP contribution is -2.38. The lowest BCUT2D eigenvalue weighted by Gasteiger charge is -2.11. The smallest absolute Gasteiger partial charge is 0.314 e. The highest BCUT2D eigenvalue weighted by Crippen LogP contribution is 2.24. The molecule has 1 aromatic heterocycles. The summed E-state index contributed by atoms with van der Waals surface area (Å²) in [6.07, 6.45) is 3.36. The maximum atomic E-state index is 11.6. The van der Waals surface area contributed by atoms with Crippen LogP contribution in [-0.2, 0) is 6.42 Å². The number of carbonyl (C=O) groups is 1. The van der Waals surface area contributed by atoms with E-state index in [1.807, 2.05) is 6.07 Å². The molecule has 3 N–H and O–H groups in total. The van der Waals surface area contributed by atoms with Gasteiger partial charge in [-0.3, -0.25) is 0 Å². The fraction of sp³-hybridized carbons (Fsp3) is 0.615. The number of thiophene rings is 1. The van der Waals surface area contributed by atoms with E-state index in [0.717, 1.165) is 29.5 Å². The molecule has 0 unspecified atom stereocenters. The number of urea groups is 1. The van der Waals surface area contributed by atoms with Crippen LogP contribution < -0.4 is 10.6 Å². The van der Waals surface area contributed by atoms with Gasteiger partial charge in [0.15, 0.2) is 0 Å². The molecule has 1 fully saturated rings. The third-order valence-corrected chi connectivity index (χ3v) is 5.03. The van der Waals surface area contributed by atoms with Crippen LogP contribution in [0.5, 0.6) is 0 Å². The van der Waals surface area contributed by atoms with Crippen LogP contribution in [0.15, 0.2) is 15.9 Å². The second-order valence-electron chi connectivity index (χ2n) is 4.93. The average Bonchev–Trinajstić information content (AvgIpc) is 2.96. The molecule has 0 radical (unpaired) electrons. The van der Waals surface area contributed by atoms with Gasteiger partial charge in [0.05, 0.1) is 9.89 Å². The highest BCUT2D eigenvalue weighted by molar-refractivity contribution is 9.11. The molecule has 2 rings (SSSR count). The number of halogens is 1. The summed E-state index contributed by atoms with van der Waals surface area (Å²) in [4.78, 5) is 12.8. The second kappa shape index (κ2) is 7.26. The lowest BCUT2D eigenvalue weighted by molar-refractivity contribution is 0.177. The fourth-order valence-corrected chi connectivity index (χ4v) is 3.80. The Balaban J connectivity index is 1.57. The first-order valence-corrected chi connectivity index (χ1v) is 8.18. The predicted molar refractivity (Wildman–Crippen MR) is 80.5 cm³/mol. The van der Waals surface area contributed by atoms with Crippen molar-refractivity contribution in [1.82, 2.24) is 10.6 Å². The zero-order valence-corrected chi connectivity index (χ0v) is 13.1. The number of aliphatic hydroxyl groups is 1. The molecule has 1 aromatic rings. The van der Waals surface area contributed by atoms with Gasteiger partial charge in [-0.1, -0.05) is 0 Å². The molecule has 19 heavy (non-hydrogen) atoms. The number of amides is 2. The topological polar surface area (TPSA) is 61.4 Å². The van der Waals surface area contributed by atoms with Crippen molar-refractivity contribution in [3.8, 4) is 0 Å². The third kappa shape index (κ3) is 5.12. The predicted octanol–water partition coefficient (Wildman–Crippen LogP) is 2.51. The molecule has 0 aliphatic heterocycles. The Labute approximate surface area is 125 Å². The van der Waals surface area contributed by atoms with Crippen LogP contribution in [0.25, 0.3) is 0 Å². The van der Waals surface area contributed by atoms with E-state index in [9.17, 15) is 9.90 Å². The molecule has 0 spiro atoms. The summed E-state index contributed by atoms with van der Waals surface area (Å²) < 4.78 is 1.12. The van der Waals surface area contributed by atoms with Gasteiger partial charge in [-0.25, -0.2) is 4.79 Å². The molecule has 0 saturated heterocycles. The zero-order chi connectivity index (χ0) is 13.7. The third-order valence-electron chi connectivity index (χ3n) is 3.35. The molecule has 0 aromatic carbocycles. The Hall–Kier alpha value is -0.590. The molecular formula is C13H19BrN2O2S. The maximum absolute atomic E-state index is 11.6. The first-order chi connectivity index (χ1) is 9.13. The van der Waals surface area contributed by atoms with Crippen LogP contribution in [0.1, 0.15) is 24.1 Å². The first-order valence-electron chi connectivity index (χ1n) is 6.57. The summed E-state index contributed by atoms with van der Waals surface area (Å²) in [5, 5.41) is 15.1. The van der Waals surface area contributed by atoms with E-state index in [-0.39, 0.29) is 12.1 Å². The molecular weight excluding hydrogens is 328 g/mol. The summed E-state index contributed by atoms with van der Waals surface area (Å²) in [7, 11) is 0. The minimum atomic E-state index is -0.174. The van der Waals surface area contributed by atoms with Gasteiger partial charge in [0, 0.05) is 18.0 Å². The minimum Gasteiger partial charge on any atom is -0.393 e. The summed E-state index contributed by atoms with van der Waals surface area (Å²) in [6, 6.07) is 3.97. The number of carbonyl (C=O) groups excluding carboxylic acids is 1. The van der Waals surface area contributed by atoms with Crippen molar-refractivity contribution in [1.29, 1.82) is 0 Å². The van der Waals surface area contributed by atoms with Gasteiger partial charge >= 0.3 is 6.03 Å². The Morgan fingerprint density at radius 3 is 2.89 bits per heavy atom. The molecule has 6 heteroatoms. The van der Waals surface area contributed by atoms with E-state index in [0.29, 0.717) is 19.0 Å². The number of hydrogen-bond donors (Lipinski definition) is 3. The van der Waals surface area contributed by atoms with Crippen LogP contribution in [0, 0.1) is 5.92 Å². The van der Waals surface area contributed by atoms with Gasteiger partial charge in [-0.05, 0) is 59.7 Å². The van der Waals surface area contributed by atoms with Gasteiger partial charge in [-0.15, -0.1) is 11.3 Å². The summed E-state index contributed by atoms with van der Waals surface area (Å²) in [5.41, 5.74) is 0. The van der Waals surface area contributed by atoms with Gasteiger partial charge < -0.3 is 15.7 Å². The van der Waals surface area contributed by atoms with Crippen LogP contribution in [0.4, 0.5) is 4.79 Å². The molecule has 0 bridgehead atoms. The molecule has 2 atom stereocenters. The normalized spacial score (nSPS) is 22.4. The molecule has 1 aliphatic carbocycles. The molecule has 1 saturated carbocycles.